The Morgan fingerprint density at radius 3 is 2.64 bits per heavy atom. The zero-order valence-corrected chi connectivity index (χ0v) is 12.6. The van der Waals surface area contributed by atoms with E-state index in [2.05, 4.69) is 10.3 Å². The first kappa shape index (κ1) is 14.8. The van der Waals surface area contributed by atoms with Gasteiger partial charge in [-0.3, -0.25) is 4.79 Å². The zero-order valence-electron chi connectivity index (χ0n) is 11.1. The molecule has 0 saturated heterocycles. The number of carbonyl (C=O) groups excluding carboxylic acids is 1. The molecule has 0 aliphatic carbocycles. The molecule has 6 heteroatoms. The molecule has 1 N–H and O–H groups in total. The number of hydrogen-bond acceptors (Lipinski definition) is 2. The number of halogens is 3. The number of aromatic nitrogens is 1. The van der Waals surface area contributed by atoms with Gasteiger partial charge in [-0.05, 0) is 30.3 Å². The predicted molar refractivity (Wildman–Crippen MR) is 86.1 cm³/mol. The van der Waals surface area contributed by atoms with Gasteiger partial charge >= 0.3 is 0 Å². The van der Waals surface area contributed by atoms with Crippen molar-refractivity contribution in [2.75, 3.05) is 5.32 Å². The van der Waals surface area contributed by atoms with E-state index in [0.717, 1.165) is 0 Å². The fourth-order valence-electron chi connectivity index (χ4n) is 2.03. The predicted octanol–water partition coefficient (Wildman–Crippen LogP) is 4.93. The second-order valence-corrected chi connectivity index (χ2v) is 5.36. The molecule has 3 aromatic rings. The second-order valence-electron chi connectivity index (χ2n) is 4.60. The highest BCUT2D eigenvalue weighted by Crippen LogP contribution is 2.25. The number of hydrogen-bond donors (Lipinski definition) is 1. The van der Waals surface area contributed by atoms with Crippen molar-refractivity contribution in [1.82, 2.24) is 4.98 Å². The number of nitrogens with zero attached hydrogens (tertiary/aromatic N) is 1. The number of para-hydroxylation sites is 1. The molecule has 1 amide bonds. The molecule has 1 heterocycles. The molecule has 2 aromatic carbocycles. The summed E-state index contributed by atoms with van der Waals surface area (Å²) in [4.78, 5) is 16.4. The number of anilines is 1. The summed E-state index contributed by atoms with van der Waals surface area (Å²) in [6, 6.07) is 12.5. The second kappa shape index (κ2) is 5.91. The van der Waals surface area contributed by atoms with E-state index in [9.17, 15) is 9.18 Å². The molecule has 0 spiro atoms. The maximum atomic E-state index is 13.2. The summed E-state index contributed by atoms with van der Waals surface area (Å²) in [6.45, 7) is 0. The topological polar surface area (TPSA) is 42.0 Å². The normalized spacial score (nSPS) is 10.7. The maximum Gasteiger partial charge on any atom is 0.258 e. The van der Waals surface area contributed by atoms with Crippen molar-refractivity contribution in [3.8, 4) is 0 Å². The van der Waals surface area contributed by atoms with Crippen molar-refractivity contribution in [2.45, 2.75) is 0 Å². The van der Waals surface area contributed by atoms with Gasteiger partial charge in [0.05, 0.1) is 21.8 Å². The third-order valence-electron chi connectivity index (χ3n) is 3.10. The minimum absolute atomic E-state index is 0.00246. The molecule has 0 aliphatic rings. The lowest BCUT2D eigenvalue weighted by molar-refractivity contribution is 0.102. The lowest BCUT2D eigenvalue weighted by atomic mass is 10.1. The summed E-state index contributed by atoms with van der Waals surface area (Å²) in [7, 11) is 0. The van der Waals surface area contributed by atoms with E-state index in [1.807, 2.05) is 0 Å². The van der Waals surface area contributed by atoms with Crippen LogP contribution in [0.25, 0.3) is 10.9 Å². The molecule has 0 unspecified atom stereocenters. The lowest BCUT2D eigenvalue weighted by Gasteiger charge is -2.09. The minimum Gasteiger partial charge on any atom is -0.321 e. The van der Waals surface area contributed by atoms with Crippen LogP contribution in [0.4, 0.5) is 10.1 Å². The number of benzene rings is 2. The quantitative estimate of drug-likeness (QED) is 0.675. The van der Waals surface area contributed by atoms with Gasteiger partial charge in [0.2, 0.25) is 0 Å². The van der Waals surface area contributed by atoms with Crippen LogP contribution < -0.4 is 5.32 Å². The van der Waals surface area contributed by atoms with E-state index in [1.54, 1.807) is 36.4 Å². The van der Waals surface area contributed by atoms with Crippen LogP contribution in [0.3, 0.4) is 0 Å². The molecule has 22 heavy (non-hydrogen) atoms. The lowest BCUT2D eigenvalue weighted by Crippen LogP contribution is -2.13. The van der Waals surface area contributed by atoms with Crippen LogP contribution in [0, 0.1) is 5.82 Å². The fourth-order valence-corrected chi connectivity index (χ4v) is 2.44. The van der Waals surface area contributed by atoms with Crippen molar-refractivity contribution in [3.63, 3.8) is 0 Å². The minimum atomic E-state index is -0.433. The smallest absolute Gasteiger partial charge is 0.258 e. The Kier molecular flexibility index (Phi) is 3.96. The van der Waals surface area contributed by atoms with Gasteiger partial charge in [0.1, 0.15) is 11.0 Å². The number of amides is 1. The van der Waals surface area contributed by atoms with E-state index in [0.29, 0.717) is 21.6 Å². The van der Waals surface area contributed by atoms with E-state index in [-0.39, 0.29) is 10.7 Å². The van der Waals surface area contributed by atoms with E-state index < -0.39 is 11.7 Å². The highest BCUT2D eigenvalue weighted by molar-refractivity contribution is 6.35. The van der Waals surface area contributed by atoms with Crippen LogP contribution in [0.5, 0.6) is 0 Å². The summed E-state index contributed by atoms with van der Waals surface area (Å²) in [5, 5.41) is 3.72. The Hall–Kier alpha value is -2.17. The molecule has 3 rings (SSSR count). The summed E-state index contributed by atoms with van der Waals surface area (Å²) in [5.74, 6) is -0.846. The van der Waals surface area contributed by atoms with Gasteiger partial charge < -0.3 is 5.32 Å². The average molecular weight is 335 g/mol. The Balaban J connectivity index is 1.99. The molecule has 0 saturated carbocycles. The first-order valence-electron chi connectivity index (χ1n) is 6.36. The highest BCUT2D eigenvalue weighted by Gasteiger charge is 2.14. The Bertz CT molecular complexity index is 883. The number of pyridine rings is 1. The van der Waals surface area contributed by atoms with Crippen LogP contribution in [0.15, 0.2) is 48.5 Å². The van der Waals surface area contributed by atoms with E-state index in [1.165, 1.54) is 12.1 Å². The van der Waals surface area contributed by atoms with Gasteiger partial charge in [-0.1, -0.05) is 35.3 Å². The van der Waals surface area contributed by atoms with E-state index >= 15 is 0 Å². The third kappa shape index (κ3) is 2.89. The van der Waals surface area contributed by atoms with Crippen LogP contribution in [-0.2, 0) is 0 Å². The first-order chi connectivity index (χ1) is 10.5. The summed E-state index contributed by atoms with van der Waals surface area (Å²) >= 11 is 12.0. The molecule has 0 fully saturated rings. The molecule has 0 radical (unpaired) electrons. The molecular weight excluding hydrogens is 326 g/mol. The zero-order chi connectivity index (χ0) is 15.7. The largest absolute Gasteiger partial charge is 0.321 e. The summed E-state index contributed by atoms with van der Waals surface area (Å²) in [6.07, 6.45) is 0. The average Bonchev–Trinajstić information content (AvgIpc) is 2.48. The highest BCUT2D eigenvalue weighted by atomic mass is 35.5. The molecule has 0 bridgehead atoms. The Labute approximate surface area is 135 Å². The van der Waals surface area contributed by atoms with Crippen LogP contribution in [0.1, 0.15) is 10.4 Å². The Morgan fingerprint density at radius 2 is 1.86 bits per heavy atom. The number of fused-ring (bicyclic) bond motifs is 1. The molecule has 0 aliphatic heterocycles. The first-order valence-corrected chi connectivity index (χ1v) is 7.12. The monoisotopic (exact) mass is 334 g/mol. The van der Waals surface area contributed by atoms with Gasteiger partial charge in [-0.15, -0.1) is 0 Å². The van der Waals surface area contributed by atoms with Crippen LogP contribution in [0.2, 0.25) is 10.2 Å². The summed E-state index contributed by atoms with van der Waals surface area (Å²) in [5.41, 5.74) is 1.06. The van der Waals surface area contributed by atoms with Gasteiger partial charge in [0, 0.05) is 11.5 Å². The molecule has 1 aromatic heterocycles. The third-order valence-corrected chi connectivity index (χ3v) is 3.72. The summed E-state index contributed by atoms with van der Waals surface area (Å²) < 4.78 is 13.2. The standard InChI is InChI=1S/C16H9Cl2FN2O/c17-12-3-1-2-4-13(12)21-16(22)11-7-9-5-6-10(19)8-14(9)20-15(11)18/h1-8H,(H,21,22). The van der Waals surface area contributed by atoms with Crippen molar-refractivity contribution < 1.29 is 9.18 Å². The van der Waals surface area contributed by atoms with Gasteiger partial charge in [0.15, 0.2) is 0 Å². The van der Waals surface area contributed by atoms with Crippen molar-refractivity contribution >= 4 is 45.7 Å². The molecule has 0 atom stereocenters. The molecular formula is C16H9Cl2FN2O. The fraction of sp³-hybridized carbons (Fsp3) is 0. The van der Waals surface area contributed by atoms with Gasteiger partial charge in [0.25, 0.3) is 5.91 Å². The number of nitrogens with one attached hydrogen (secondary N) is 1. The van der Waals surface area contributed by atoms with E-state index in [4.69, 9.17) is 23.2 Å². The number of rotatable bonds is 2. The van der Waals surface area contributed by atoms with Crippen molar-refractivity contribution in [3.05, 3.63) is 70.1 Å². The molecule has 3 nitrogen and oxygen atoms in total. The van der Waals surface area contributed by atoms with Gasteiger partial charge in [-0.2, -0.15) is 0 Å². The number of carbonyl (C=O) groups is 1. The Morgan fingerprint density at radius 1 is 1.09 bits per heavy atom. The maximum absolute atomic E-state index is 13.2. The molecule has 110 valence electrons. The van der Waals surface area contributed by atoms with Crippen molar-refractivity contribution in [2.24, 2.45) is 0 Å². The SMILES string of the molecule is O=C(Nc1ccccc1Cl)c1cc2ccc(F)cc2nc1Cl. The van der Waals surface area contributed by atoms with Crippen LogP contribution in [-0.4, -0.2) is 10.9 Å². The van der Waals surface area contributed by atoms with Crippen LogP contribution >= 0.6 is 23.2 Å². The van der Waals surface area contributed by atoms with Crippen molar-refractivity contribution in [1.29, 1.82) is 0 Å². The van der Waals surface area contributed by atoms with Gasteiger partial charge in [-0.25, -0.2) is 9.37 Å².